The van der Waals surface area contributed by atoms with Crippen LogP contribution in [-0.4, -0.2) is 34.1 Å². The number of carbonyl (C=O) groups excluding carboxylic acids is 1. The summed E-state index contributed by atoms with van der Waals surface area (Å²) in [6.07, 6.45) is 4.50. The van der Waals surface area contributed by atoms with Crippen LogP contribution in [0, 0.1) is 5.92 Å². The SMILES string of the molecule is CNc1cc(C(=O)NC(c2cnc3ccccc3c2)C2CC(O)C2)ccn1. The van der Waals surface area contributed by atoms with Gasteiger partial charge in [0.15, 0.2) is 0 Å². The van der Waals surface area contributed by atoms with Crippen LogP contribution in [0.15, 0.2) is 54.9 Å². The van der Waals surface area contributed by atoms with Crippen molar-refractivity contribution in [3.63, 3.8) is 0 Å². The Balaban J connectivity index is 1.63. The molecular weight excluding hydrogens is 340 g/mol. The number of carbonyl (C=O) groups is 1. The maximum Gasteiger partial charge on any atom is 0.251 e. The number of pyridine rings is 2. The van der Waals surface area contributed by atoms with Gasteiger partial charge in [-0.3, -0.25) is 9.78 Å². The molecule has 1 aromatic carbocycles. The largest absolute Gasteiger partial charge is 0.393 e. The normalized spacial score (nSPS) is 19.9. The molecule has 2 aromatic heterocycles. The number of rotatable bonds is 5. The van der Waals surface area contributed by atoms with E-state index in [-0.39, 0.29) is 24.0 Å². The van der Waals surface area contributed by atoms with Crippen molar-refractivity contribution in [1.29, 1.82) is 0 Å². The lowest BCUT2D eigenvalue weighted by Gasteiger charge is -2.38. The number of nitrogens with zero attached hydrogens (tertiary/aromatic N) is 2. The Morgan fingerprint density at radius 1 is 1.19 bits per heavy atom. The molecule has 6 nitrogen and oxygen atoms in total. The van der Waals surface area contributed by atoms with Crippen molar-refractivity contribution < 1.29 is 9.90 Å². The minimum absolute atomic E-state index is 0.159. The average Bonchev–Trinajstić information content (AvgIpc) is 2.69. The van der Waals surface area contributed by atoms with Gasteiger partial charge < -0.3 is 15.7 Å². The van der Waals surface area contributed by atoms with Crippen LogP contribution in [0.3, 0.4) is 0 Å². The molecule has 0 aliphatic heterocycles. The smallest absolute Gasteiger partial charge is 0.251 e. The molecule has 138 valence electrons. The number of para-hydroxylation sites is 1. The summed E-state index contributed by atoms with van der Waals surface area (Å²) in [6, 6.07) is 13.2. The summed E-state index contributed by atoms with van der Waals surface area (Å²) in [6.45, 7) is 0. The highest BCUT2D eigenvalue weighted by molar-refractivity contribution is 5.95. The maximum absolute atomic E-state index is 12.8. The molecule has 1 unspecified atom stereocenters. The number of hydrogen-bond acceptors (Lipinski definition) is 5. The summed E-state index contributed by atoms with van der Waals surface area (Å²) >= 11 is 0. The Labute approximate surface area is 157 Å². The van der Waals surface area contributed by atoms with Gasteiger partial charge >= 0.3 is 0 Å². The summed E-state index contributed by atoms with van der Waals surface area (Å²) in [5.74, 6) is 0.677. The molecule has 0 saturated heterocycles. The zero-order valence-electron chi connectivity index (χ0n) is 15.1. The zero-order valence-corrected chi connectivity index (χ0v) is 15.1. The van der Waals surface area contributed by atoms with E-state index in [0.29, 0.717) is 24.2 Å². The van der Waals surface area contributed by atoms with Gasteiger partial charge in [-0.2, -0.15) is 0 Å². The van der Waals surface area contributed by atoms with Crippen LogP contribution in [0.5, 0.6) is 0 Å². The van der Waals surface area contributed by atoms with Gasteiger partial charge in [-0.25, -0.2) is 4.98 Å². The number of benzene rings is 1. The van der Waals surface area contributed by atoms with Crippen molar-refractivity contribution in [1.82, 2.24) is 15.3 Å². The van der Waals surface area contributed by atoms with E-state index >= 15 is 0 Å². The number of aliphatic hydroxyl groups excluding tert-OH is 1. The van der Waals surface area contributed by atoms with E-state index in [1.165, 1.54) is 0 Å². The quantitative estimate of drug-likeness (QED) is 0.650. The van der Waals surface area contributed by atoms with Crippen LogP contribution in [-0.2, 0) is 0 Å². The molecular formula is C21H22N4O2. The van der Waals surface area contributed by atoms with Gasteiger partial charge in [0, 0.05) is 30.4 Å². The maximum atomic E-state index is 12.8. The Morgan fingerprint density at radius 2 is 2.00 bits per heavy atom. The molecule has 27 heavy (non-hydrogen) atoms. The number of aromatic nitrogens is 2. The molecule has 1 atom stereocenters. The molecule has 3 N–H and O–H groups in total. The van der Waals surface area contributed by atoms with Gasteiger partial charge in [0.2, 0.25) is 0 Å². The predicted molar refractivity (Wildman–Crippen MR) is 104 cm³/mol. The van der Waals surface area contributed by atoms with Crippen LogP contribution < -0.4 is 10.6 Å². The number of anilines is 1. The van der Waals surface area contributed by atoms with Crippen molar-refractivity contribution in [3.05, 3.63) is 66.0 Å². The lowest BCUT2D eigenvalue weighted by atomic mass is 9.75. The van der Waals surface area contributed by atoms with Crippen LogP contribution in [0.2, 0.25) is 0 Å². The lowest BCUT2D eigenvalue weighted by Crippen LogP contribution is -2.41. The van der Waals surface area contributed by atoms with Crippen molar-refractivity contribution >= 4 is 22.6 Å². The van der Waals surface area contributed by atoms with Crippen LogP contribution >= 0.6 is 0 Å². The minimum Gasteiger partial charge on any atom is -0.393 e. The Morgan fingerprint density at radius 3 is 2.78 bits per heavy atom. The second kappa shape index (κ2) is 7.32. The zero-order chi connectivity index (χ0) is 18.8. The summed E-state index contributed by atoms with van der Waals surface area (Å²) in [5, 5.41) is 16.9. The molecule has 1 fully saturated rings. The topological polar surface area (TPSA) is 87.1 Å². The average molecular weight is 362 g/mol. The van der Waals surface area contributed by atoms with E-state index in [1.807, 2.05) is 30.5 Å². The third-order valence-corrected chi connectivity index (χ3v) is 5.16. The summed E-state index contributed by atoms with van der Waals surface area (Å²) in [7, 11) is 1.77. The van der Waals surface area contributed by atoms with Crippen LogP contribution in [0.4, 0.5) is 5.82 Å². The van der Waals surface area contributed by atoms with Gasteiger partial charge in [-0.05, 0) is 48.6 Å². The van der Waals surface area contributed by atoms with Gasteiger partial charge in [0.1, 0.15) is 5.82 Å². The van der Waals surface area contributed by atoms with Crippen molar-refractivity contribution in [3.8, 4) is 0 Å². The number of nitrogens with one attached hydrogen (secondary N) is 2. The van der Waals surface area contributed by atoms with Gasteiger partial charge in [-0.1, -0.05) is 18.2 Å². The fourth-order valence-corrected chi connectivity index (χ4v) is 3.57. The molecule has 0 spiro atoms. The first-order valence-electron chi connectivity index (χ1n) is 9.11. The highest BCUT2D eigenvalue weighted by Gasteiger charge is 2.36. The van der Waals surface area contributed by atoms with E-state index in [1.54, 1.807) is 25.4 Å². The fourth-order valence-electron chi connectivity index (χ4n) is 3.57. The number of hydrogen-bond donors (Lipinski definition) is 3. The summed E-state index contributed by atoms with van der Waals surface area (Å²) in [4.78, 5) is 21.5. The van der Waals surface area contributed by atoms with Crippen LogP contribution in [0.1, 0.15) is 34.8 Å². The van der Waals surface area contributed by atoms with E-state index in [4.69, 9.17) is 0 Å². The first-order chi connectivity index (χ1) is 13.1. The van der Waals surface area contributed by atoms with E-state index < -0.39 is 0 Å². The van der Waals surface area contributed by atoms with Gasteiger partial charge in [0.25, 0.3) is 5.91 Å². The molecule has 3 aromatic rings. The Hall–Kier alpha value is -2.99. The fraction of sp³-hybridized carbons (Fsp3) is 0.286. The second-order valence-electron chi connectivity index (χ2n) is 6.98. The monoisotopic (exact) mass is 362 g/mol. The molecule has 1 amide bonds. The second-order valence-corrected chi connectivity index (χ2v) is 6.98. The lowest BCUT2D eigenvalue weighted by molar-refractivity contribution is 0.0235. The van der Waals surface area contributed by atoms with Crippen molar-refractivity contribution in [2.45, 2.75) is 25.0 Å². The first kappa shape index (κ1) is 17.4. The molecule has 0 bridgehead atoms. The van der Waals surface area contributed by atoms with Crippen LogP contribution in [0.25, 0.3) is 10.9 Å². The standard InChI is InChI=1S/C21H22N4O2/c1-22-19-11-14(6-7-23-19)21(27)25-20(15-9-17(26)10-15)16-8-13-4-2-3-5-18(13)24-12-16/h2-8,11-12,15,17,20,26H,9-10H2,1H3,(H,22,23)(H,25,27). The molecule has 1 aliphatic rings. The van der Waals surface area contributed by atoms with E-state index in [2.05, 4.69) is 26.7 Å². The molecule has 1 saturated carbocycles. The molecule has 2 heterocycles. The molecule has 0 radical (unpaired) electrons. The van der Waals surface area contributed by atoms with Crippen molar-refractivity contribution in [2.24, 2.45) is 5.92 Å². The number of amides is 1. The highest BCUT2D eigenvalue weighted by Crippen LogP contribution is 2.38. The summed E-state index contributed by atoms with van der Waals surface area (Å²) < 4.78 is 0. The van der Waals surface area contributed by atoms with Gasteiger partial charge in [0.05, 0.1) is 17.7 Å². The summed E-state index contributed by atoms with van der Waals surface area (Å²) in [5.41, 5.74) is 2.43. The Bertz CT molecular complexity index is 969. The molecule has 4 rings (SSSR count). The number of aliphatic hydroxyl groups is 1. The minimum atomic E-state index is -0.292. The first-order valence-corrected chi connectivity index (χ1v) is 9.11. The van der Waals surface area contributed by atoms with Gasteiger partial charge in [-0.15, -0.1) is 0 Å². The third-order valence-electron chi connectivity index (χ3n) is 5.16. The van der Waals surface area contributed by atoms with Crippen molar-refractivity contribution in [2.75, 3.05) is 12.4 Å². The number of fused-ring (bicyclic) bond motifs is 1. The third kappa shape index (κ3) is 3.61. The predicted octanol–water partition coefficient (Wildman–Crippen LogP) is 2.91. The molecule has 1 aliphatic carbocycles. The Kier molecular flexibility index (Phi) is 4.73. The highest BCUT2D eigenvalue weighted by atomic mass is 16.3. The van der Waals surface area contributed by atoms with E-state index in [0.717, 1.165) is 16.5 Å². The van der Waals surface area contributed by atoms with E-state index in [9.17, 15) is 9.90 Å². The molecule has 6 heteroatoms.